The van der Waals surface area contributed by atoms with Crippen molar-refractivity contribution >= 4 is 12.0 Å². The van der Waals surface area contributed by atoms with E-state index in [1.165, 1.54) is 6.42 Å². The van der Waals surface area contributed by atoms with Crippen LogP contribution in [0.25, 0.3) is 0 Å². The summed E-state index contributed by atoms with van der Waals surface area (Å²) in [5.74, 6) is -0.922. The van der Waals surface area contributed by atoms with E-state index in [1.54, 1.807) is 24.3 Å². The number of piperidine rings is 1. The second-order valence-electron chi connectivity index (χ2n) is 5.52. The molecule has 1 aromatic carbocycles. The summed E-state index contributed by atoms with van der Waals surface area (Å²) < 4.78 is 0. The molecule has 1 fully saturated rings. The minimum Gasteiger partial charge on any atom is -0.478 e. The van der Waals surface area contributed by atoms with Gasteiger partial charge in [0.05, 0.1) is 5.56 Å². The van der Waals surface area contributed by atoms with Gasteiger partial charge in [0.25, 0.3) is 0 Å². The maximum absolute atomic E-state index is 12.1. The van der Waals surface area contributed by atoms with E-state index in [4.69, 9.17) is 5.11 Å². The largest absolute Gasteiger partial charge is 0.478 e. The van der Waals surface area contributed by atoms with E-state index in [-0.39, 0.29) is 11.6 Å². The predicted molar refractivity (Wildman–Crippen MR) is 80.5 cm³/mol. The predicted octanol–water partition coefficient (Wildman–Crippen LogP) is 2.51. The van der Waals surface area contributed by atoms with Crippen LogP contribution in [0.4, 0.5) is 4.79 Å². The molecule has 5 heteroatoms. The number of aromatic carboxylic acids is 1. The van der Waals surface area contributed by atoms with Gasteiger partial charge in [-0.25, -0.2) is 9.59 Å². The summed E-state index contributed by atoms with van der Waals surface area (Å²) in [5.41, 5.74) is 1.30. The number of hydrogen-bond acceptors (Lipinski definition) is 2. The van der Waals surface area contributed by atoms with Gasteiger partial charge in [0.1, 0.15) is 0 Å². The number of urea groups is 1. The Kier molecular flexibility index (Phi) is 5.20. The van der Waals surface area contributed by atoms with E-state index in [0.29, 0.717) is 19.0 Å². The first-order valence-electron chi connectivity index (χ1n) is 7.44. The summed E-state index contributed by atoms with van der Waals surface area (Å²) in [4.78, 5) is 24.7. The number of carboxylic acid groups (broad SMARTS) is 1. The third kappa shape index (κ3) is 4.21. The van der Waals surface area contributed by atoms with E-state index in [1.807, 2.05) is 4.90 Å². The summed E-state index contributed by atoms with van der Waals surface area (Å²) in [6.07, 6.45) is 4.05. The molecule has 1 saturated heterocycles. The fourth-order valence-corrected chi connectivity index (χ4v) is 2.63. The first kappa shape index (κ1) is 15.4. The van der Waals surface area contributed by atoms with Gasteiger partial charge in [0, 0.05) is 19.1 Å². The maximum Gasteiger partial charge on any atom is 0.335 e. The van der Waals surface area contributed by atoms with Crippen LogP contribution in [0, 0.1) is 0 Å². The summed E-state index contributed by atoms with van der Waals surface area (Å²) in [7, 11) is 0. The average Bonchev–Trinajstić information content (AvgIpc) is 2.48. The van der Waals surface area contributed by atoms with E-state index in [0.717, 1.165) is 24.9 Å². The summed E-state index contributed by atoms with van der Waals surface area (Å²) in [6, 6.07) is 7.08. The zero-order chi connectivity index (χ0) is 15.2. The van der Waals surface area contributed by atoms with Gasteiger partial charge in [-0.3, -0.25) is 0 Å². The quantitative estimate of drug-likeness (QED) is 0.895. The number of hydrogen-bond donors (Lipinski definition) is 2. The third-order valence-corrected chi connectivity index (χ3v) is 3.95. The van der Waals surface area contributed by atoms with Crippen LogP contribution in [0.3, 0.4) is 0 Å². The highest BCUT2D eigenvalue weighted by molar-refractivity contribution is 5.87. The van der Waals surface area contributed by atoms with Gasteiger partial charge < -0.3 is 15.3 Å². The van der Waals surface area contributed by atoms with Gasteiger partial charge in [-0.1, -0.05) is 12.1 Å². The van der Waals surface area contributed by atoms with Crippen LogP contribution in [0.2, 0.25) is 0 Å². The maximum atomic E-state index is 12.1. The molecule has 1 aliphatic heterocycles. The lowest BCUT2D eigenvalue weighted by Gasteiger charge is -2.33. The second-order valence-corrected chi connectivity index (χ2v) is 5.52. The molecule has 0 aliphatic carbocycles. The highest BCUT2D eigenvalue weighted by atomic mass is 16.4. The van der Waals surface area contributed by atoms with E-state index >= 15 is 0 Å². The Hall–Kier alpha value is -2.04. The molecule has 1 atom stereocenters. The SMILES string of the molecule is CC1CCCCN1C(=O)NCCc1ccc(C(=O)O)cc1. The molecular formula is C16H22N2O3. The first-order chi connectivity index (χ1) is 10.1. The Balaban J connectivity index is 1.78. The van der Waals surface area contributed by atoms with Gasteiger partial charge in [0.2, 0.25) is 0 Å². The van der Waals surface area contributed by atoms with Crippen molar-refractivity contribution in [1.29, 1.82) is 0 Å². The van der Waals surface area contributed by atoms with Gasteiger partial charge in [-0.05, 0) is 50.3 Å². The molecule has 1 heterocycles. The van der Waals surface area contributed by atoms with Gasteiger partial charge in [-0.15, -0.1) is 0 Å². The van der Waals surface area contributed by atoms with Crippen LogP contribution in [0.5, 0.6) is 0 Å². The number of carbonyl (C=O) groups excluding carboxylic acids is 1. The van der Waals surface area contributed by atoms with Crippen molar-refractivity contribution in [3.05, 3.63) is 35.4 Å². The Morgan fingerprint density at radius 1 is 1.29 bits per heavy atom. The summed E-state index contributed by atoms with van der Waals surface area (Å²) >= 11 is 0. The normalized spacial score (nSPS) is 18.3. The Morgan fingerprint density at radius 2 is 2.00 bits per heavy atom. The fourth-order valence-electron chi connectivity index (χ4n) is 2.63. The standard InChI is InChI=1S/C16H22N2O3/c1-12-4-2-3-11-18(12)16(21)17-10-9-13-5-7-14(8-6-13)15(19)20/h5-8,12H,2-4,9-11H2,1H3,(H,17,21)(H,19,20). The summed E-state index contributed by atoms with van der Waals surface area (Å²) in [6.45, 7) is 3.48. The Labute approximate surface area is 125 Å². The molecule has 1 aliphatic rings. The Bertz CT molecular complexity index is 499. The van der Waals surface area contributed by atoms with Crippen LogP contribution in [0.15, 0.2) is 24.3 Å². The molecule has 2 rings (SSSR count). The van der Waals surface area contributed by atoms with Gasteiger partial charge in [0.15, 0.2) is 0 Å². The number of nitrogens with one attached hydrogen (secondary N) is 1. The van der Waals surface area contributed by atoms with Crippen molar-refractivity contribution in [2.24, 2.45) is 0 Å². The molecule has 2 N–H and O–H groups in total. The van der Waals surface area contributed by atoms with Crippen molar-refractivity contribution < 1.29 is 14.7 Å². The minimum atomic E-state index is -0.922. The second kappa shape index (κ2) is 7.11. The van der Waals surface area contributed by atoms with E-state index in [9.17, 15) is 9.59 Å². The molecule has 114 valence electrons. The van der Waals surface area contributed by atoms with Gasteiger partial charge in [-0.2, -0.15) is 0 Å². The van der Waals surface area contributed by atoms with Crippen molar-refractivity contribution in [1.82, 2.24) is 10.2 Å². The lowest BCUT2D eigenvalue weighted by atomic mass is 10.0. The molecule has 5 nitrogen and oxygen atoms in total. The molecule has 0 spiro atoms. The number of benzene rings is 1. The van der Waals surface area contributed by atoms with Crippen molar-refractivity contribution in [2.75, 3.05) is 13.1 Å². The molecule has 1 aromatic rings. The lowest BCUT2D eigenvalue weighted by Crippen LogP contribution is -2.47. The molecular weight excluding hydrogens is 268 g/mol. The summed E-state index contributed by atoms with van der Waals surface area (Å²) in [5, 5.41) is 11.8. The monoisotopic (exact) mass is 290 g/mol. The molecule has 0 aromatic heterocycles. The van der Waals surface area contributed by atoms with Crippen LogP contribution in [-0.2, 0) is 6.42 Å². The number of rotatable bonds is 4. The van der Waals surface area contributed by atoms with Crippen LogP contribution in [-0.4, -0.2) is 41.1 Å². The van der Waals surface area contributed by atoms with Crippen LogP contribution < -0.4 is 5.32 Å². The third-order valence-electron chi connectivity index (χ3n) is 3.95. The zero-order valence-electron chi connectivity index (χ0n) is 12.3. The van der Waals surface area contributed by atoms with Crippen molar-refractivity contribution in [3.63, 3.8) is 0 Å². The first-order valence-corrected chi connectivity index (χ1v) is 7.44. The van der Waals surface area contributed by atoms with Gasteiger partial charge >= 0.3 is 12.0 Å². The molecule has 0 bridgehead atoms. The number of carbonyl (C=O) groups is 2. The smallest absolute Gasteiger partial charge is 0.335 e. The molecule has 2 amide bonds. The molecule has 0 radical (unpaired) electrons. The van der Waals surface area contributed by atoms with Crippen LogP contribution >= 0.6 is 0 Å². The minimum absolute atomic E-state index is 0.00403. The zero-order valence-corrected chi connectivity index (χ0v) is 12.3. The highest BCUT2D eigenvalue weighted by Crippen LogP contribution is 2.16. The van der Waals surface area contributed by atoms with Crippen LogP contribution in [0.1, 0.15) is 42.1 Å². The number of amides is 2. The van der Waals surface area contributed by atoms with E-state index < -0.39 is 5.97 Å². The van der Waals surface area contributed by atoms with Crippen molar-refractivity contribution in [3.8, 4) is 0 Å². The molecule has 0 saturated carbocycles. The number of nitrogens with zero attached hydrogens (tertiary/aromatic N) is 1. The highest BCUT2D eigenvalue weighted by Gasteiger charge is 2.22. The fraction of sp³-hybridized carbons (Fsp3) is 0.500. The number of likely N-dealkylation sites (tertiary alicyclic amines) is 1. The topological polar surface area (TPSA) is 69.6 Å². The van der Waals surface area contributed by atoms with E-state index in [2.05, 4.69) is 12.2 Å². The lowest BCUT2D eigenvalue weighted by molar-refractivity contribution is 0.0697. The average molecular weight is 290 g/mol. The van der Waals surface area contributed by atoms with Crippen molar-refractivity contribution in [2.45, 2.75) is 38.6 Å². The Morgan fingerprint density at radius 3 is 2.62 bits per heavy atom. The molecule has 1 unspecified atom stereocenters. The molecule has 21 heavy (non-hydrogen) atoms. The number of carboxylic acids is 1.